The van der Waals surface area contributed by atoms with Gasteiger partial charge >= 0.3 is 0 Å². The molecule has 0 atom stereocenters. The number of aromatic amines is 1. The largest absolute Gasteiger partial charge is 0.268 e. The van der Waals surface area contributed by atoms with Gasteiger partial charge in [-0.25, -0.2) is 13.5 Å². The van der Waals surface area contributed by atoms with Crippen molar-refractivity contribution in [2.24, 2.45) is 15.4 Å². The Morgan fingerprint density at radius 3 is 2.41 bits per heavy atom. The Labute approximate surface area is 165 Å². The molecule has 0 bridgehead atoms. The molecule has 142 valence electrons. The van der Waals surface area contributed by atoms with Gasteiger partial charge in [0, 0.05) is 12.0 Å². The highest BCUT2D eigenvalue weighted by molar-refractivity contribution is 7.91. The Bertz CT molecular complexity index is 1100. The van der Waals surface area contributed by atoms with Crippen molar-refractivity contribution in [2.45, 2.75) is 36.1 Å². The minimum Gasteiger partial charge on any atom is -0.268 e. The summed E-state index contributed by atoms with van der Waals surface area (Å²) >= 11 is 12.5. The Hall–Kier alpha value is -2.10. The Kier molecular flexibility index (Phi) is 5.45. The van der Waals surface area contributed by atoms with Gasteiger partial charge in [0.25, 0.3) is 5.56 Å². The molecule has 11 heteroatoms. The second-order valence-electron chi connectivity index (χ2n) is 6.27. The molecule has 8 nitrogen and oxygen atoms in total. The number of H-pyrrole nitrogens is 1. The molecule has 0 radical (unpaired) electrons. The number of sulfone groups is 1. The van der Waals surface area contributed by atoms with E-state index in [0.29, 0.717) is 24.1 Å². The van der Waals surface area contributed by atoms with Crippen molar-refractivity contribution in [3.63, 3.8) is 0 Å². The molecule has 0 amide bonds. The standard InChI is InChI=1S/C16H15Cl2N5O3S/c1-8(2)11-6-14(21-22-16(11)24)27(25,26)15-12(17)4-9(5-13(15)18)3-10-7-19-23-20-10/h4-6,8H,3,7H2,1-2H3,(H,22,24). The van der Waals surface area contributed by atoms with E-state index in [1.165, 1.54) is 18.2 Å². The molecule has 0 spiro atoms. The predicted molar refractivity (Wildman–Crippen MR) is 102 cm³/mol. The zero-order valence-electron chi connectivity index (χ0n) is 14.4. The van der Waals surface area contributed by atoms with Gasteiger partial charge in [-0.1, -0.05) is 37.0 Å². The van der Waals surface area contributed by atoms with Gasteiger partial charge in [-0.3, -0.25) is 4.79 Å². The maximum absolute atomic E-state index is 13.0. The third kappa shape index (κ3) is 3.95. The van der Waals surface area contributed by atoms with Crippen molar-refractivity contribution < 1.29 is 8.42 Å². The number of nitrogens with one attached hydrogen (secondary N) is 1. The smallest absolute Gasteiger partial charge is 0.267 e. The van der Waals surface area contributed by atoms with Crippen molar-refractivity contribution in [3.8, 4) is 0 Å². The van der Waals surface area contributed by atoms with E-state index in [2.05, 4.69) is 25.6 Å². The molecule has 0 saturated carbocycles. The lowest BCUT2D eigenvalue weighted by molar-refractivity contribution is 0.588. The van der Waals surface area contributed by atoms with Gasteiger partial charge in [0.05, 0.1) is 15.8 Å². The van der Waals surface area contributed by atoms with Gasteiger partial charge in [0.15, 0.2) is 5.03 Å². The minimum atomic E-state index is -4.13. The lowest BCUT2D eigenvalue weighted by Gasteiger charge is -2.11. The number of nitrogens with zero attached hydrogens (tertiary/aromatic N) is 4. The molecule has 0 saturated heterocycles. The van der Waals surface area contributed by atoms with Crippen LogP contribution in [0.15, 0.2) is 48.4 Å². The average Bonchev–Trinajstić information content (AvgIpc) is 3.06. The molecule has 1 aromatic heterocycles. The molecule has 0 unspecified atom stereocenters. The van der Waals surface area contributed by atoms with Crippen LogP contribution in [0.25, 0.3) is 0 Å². The summed E-state index contributed by atoms with van der Waals surface area (Å²) in [5.41, 5.74) is 1.28. The molecular formula is C16H15Cl2N5O3S. The Balaban J connectivity index is 2.04. The SMILES string of the molecule is CC(C)c1cc(S(=O)(=O)c2c(Cl)cc(CC3=NN=NC3)cc2Cl)n[nH]c1=O. The summed E-state index contributed by atoms with van der Waals surface area (Å²) in [7, 11) is -4.13. The number of hydrogen-bond acceptors (Lipinski definition) is 7. The van der Waals surface area contributed by atoms with Crippen LogP contribution in [0.5, 0.6) is 0 Å². The van der Waals surface area contributed by atoms with Gasteiger partial charge in [0.1, 0.15) is 11.4 Å². The summed E-state index contributed by atoms with van der Waals surface area (Å²) < 4.78 is 26.0. The second-order valence-corrected chi connectivity index (χ2v) is 8.92. The quantitative estimate of drug-likeness (QED) is 0.786. The molecule has 0 aliphatic carbocycles. The molecule has 2 aromatic rings. The van der Waals surface area contributed by atoms with Crippen molar-refractivity contribution in [1.82, 2.24) is 10.2 Å². The number of rotatable bonds is 5. The second kappa shape index (κ2) is 7.49. The molecular weight excluding hydrogens is 413 g/mol. The molecule has 1 aromatic carbocycles. The monoisotopic (exact) mass is 427 g/mol. The van der Waals surface area contributed by atoms with Crippen molar-refractivity contribution in [1.29, 1.82) is 0 Å². The number of halogens is 2. The maximum atomic E-state index is 13.0. The van der Waals surface area contributed by atoms with Gasteiger partial charge in [0.2, 0.25) is 9.84 Å². The van der Waals surface area contributed by atoms with E-state index < -0.39 is 15.4 Å². The zero-order valence-corrected chi connectivity index (χ0v) is 16.7. The van der Waals surface area contributed by atoms with E-state index in [1.54, 1.807) is 13.8 Å². The lowest BCUT2D eigenvalue weighted by Crippen LogP contribution is -2.19. The summed E-state index contributed by atoms with van der Waals surface area (Å²) in [4.78, 5) is 11.6. The van der Waals surface area contributed by atoms with Crippen molar-refractivity contribution >= 4 is 38.8 Å². The minimum absolute atomic E-state index is 0.0379. The summed E-state index contributed by atoms with van der Waals surface area (Å²) in [6.45, 7) is 3.94. The first-order chi connectivity index (χ1) is 12.7. The summed E-state index contributed by atoms with van der Waals surface area (Å²) in [6, 6.07) is 4.27. The van der Waals surface area contributed by atoms with E-state index in [-0.39, 0.29) is 25.9 Å². The summed E-state index contributed by atoms with van der Waals surface area (Å²) in [6.07, 6.45) is 0.404. The summed E-state index contributed by atoms with van der Waals surface area (Å²) in [5, 5.41) is 16.7. The highest BCUT2D eigenvalue weighted by atomic mass is 35.5. The van der Waals surface area contributed by atoms with Crippen LogP contribution in [0.1, 0.15) is 30.9 Å². The van der Waals surface area contributed by atoms with Crippen LogP contribution in [0.2, 0.25) is 10.0 Å². The third-order valence-electron chi connectivity index (χ3n) is 3.94. The predicted octanol–water partition coefficient (Wildman–Crippen LogP) is 3.40. The van der Waals surface area contributed by atoms with Crippen LogP contribution in [0, 0.1) is 0 Å². The van der Waals surface area contributed by atoms with Crippen LogP contribution < -0.4 is 5.56 Å². The highest BCUT2D eigenvalue weighted by Crippen LogP contribution is 2.34. The normalized spacial score (nSPS) is 14.0. The van der Waals surface area contributed by atoms with Crippen LogP contribution in [-0.2, 0) is 16.3 Å². The molecule has 2 heterocycles. The van der Waals surface area contributed by atoms with Gasteiger partial charge < -0.3 is 0 Å². The average molecular weight is 428 g/mol. The maximum Gasteiger partial charge on any atom is 0.267 e. The van der Waals surface area contributed by atoms with Crippen molar-refractivity contribution in [3.05, 3.63) is 49.7 Å². The van der Waals surface area contributed by atoms with Crippen LogP contribution in [0.3, 0.4) is 0 Å². The van der Waals surface area contributed by atoms with E-state index in [4.69, 9.17) is 23.2 Å². The molecule has 1 aliphatic heterocycles. The molecule has 0 fully saturated rings. The van der Waals surface area contributed by atoms with Crippen LogP contribution >= 0.6 is 23.2 Å². The van der Waals surface area contributed by atoms with Gasteiger partial charge in [-0.15, -0.1) is 5.10 Å². The number of hydrogen-bond donors (Lipinski definition) is 1. The van der Waals surface area contributed by atoms with Gasteiger partial charge in [-0.05, 0) is 34.9 Å². The van der Waals surface area contributed by atoms with Gasteiger partial charge in [-0.2, -0.15) is 10.2 Å². The summed E-state index contributed by atoms with van der Waals surface area (Å²) in [5.74, 6) is -0.179. The number of benzene rings is 1. The number of aromatic nitrogens is 2. The fourth-order valence-electron chi connectivity index (χ4n) is 2.61. The van der Waals surface area contributed by atoms with E-state index in [9.17, 15) is 13.2 Å². The first-order valence-electron chi connectivity index (χ1n) is 7.95. The van der Waals surface area contributed by atoms with Crippen LogP contribution in [-0.4, -0.2) is 30.9 Å². The fraction of sp³-hybridized carbons (Fsp3) is 0.312. The zero-order chi connectivity index (χ0) is 19.8. The molecule has 3 rings (SSSR count). The highest BCUT2D eigenvalue weighted by Gasteiger charge is 2.28. The Morgan fingerprint density at radius 1 is 1.19 bits per heavy atom. The fourth-order valence-corrected chi connectivity index (χ4v) is 5.04. The van der Waals surface area contributed by atoms with E-state index in [0.717, 1.165) is 5.71 Å². The third-order valence-corrected chi connectivity index (χ3v) is 6.50. The van der Waals surface area contributed by atoms with E-state index in [1.807, 2.05) is 0 Å². The molecule has 1 aliphatic rings. The molecule has 27 heavy (non-hydrogen) atoms. The van der Waals surface area contributed by atoms with Crippen LogP contribution in [0.4, 0.5) is 0 Å². The first-order valence-corrected chi connectivity index (χ1v) is 10.2. The Morgan fingerprint density at radius 2 is 1.85 bits per heavy atom. The molecule has 1 N–H and O–H groups in total. The first kappa shape index (κ1) is 19.7. The lowest BCUT2D eigenvalue weighted by atomic mass is 10.1. The van der Waals surface area contributed by atoms with E-state index >= 15 is 0 Å². The van der Waals surface area contributed by atoms with Crippen molar-refractivity contribution in [2.75, 3.05) is 6.54 Å². The topological polar surface area (TPSA) is 117 Å².